The van der Waals surface area contributed by atoms with Crippen LogP contribution in [0.15, 0.2) is 102 Å². The summed E-state index contributed by atoms with van der Waals surface area (Å²) >= 11 is 19.1. The predicted molar refractivity (Wildman–Crippen MR) is 186 cm³/mol. The summed E-state index contributed by atoms with van der Waals surface area (Å²) in [6.45, 7) is 3.53. The van der Waals surface area contributed by atoms with Gasteiger partial charge in [-0.2, -0.15) is 0 Å². The fourth-order valence-electron chi connectivity index (χ4n) is 4.98. The van der Waals surface area contributed by atoms with Crippen molar-refractivity contribution < 1.29 is 18.0 Å². The minimum atomic E-state index is -4.25. The molecule has 1 N–H and O–H groups in total. The predicted octanol–water partition coefficient (Wildman–Crippen LogP) is 7.71. The Labute approximate surface area is 286 Å². The number of nitrogens with one attached hydrogen (secondary N) is 1. The zero-order valence-electron chi connectivity index (χ0n) is 25.6. The molecule has 46 heavy (non-hydrogen) atoms. The van der Waals surface area contributed by atoms with Gasteiger partial charge in [0.05, 0.1) is 10.6 Å². The second-order valence-corrected chi connectivity index (χ2v) is 14.0. The van der Waals surface area contributed by atoms with Gasteiger partial charge in [0.2, 0.25) is 11.8 Å². The molecular formula is C35H36Cl3N3O4S. The molecule has 0 radical (unpaired) electrons. The Kier molecular flexibility index (Phi) is 12.5. The van der Waals surface area contributed by atoms with Gasteiger partial charge in [0.25, 0.3) is 10.0 Å². The molecule has 0 aliphatic heterocycles. The van der Waals surface area contributed by atoms with Gasteiger partial charge in [0, 0.05) is 34.6 Å². The Morgan fingerprint density at radius 2 is 1.48 bits per heavy atom. The first-order valence-corrected chi connectivity index (χ1v) is 17.5. The van der Waals surface area contributed by atoms with Gasteiger partial charge in [0.1, 0.15) is 12.6 Å². The third kappa shape index (κ3) is 9.04. The number of hydrogen-bond acceptors (Lipinski definition) is 4. The smallest absolute Gasteiger partial charge is 0.264 e. The summed E-state index contributed by atoms with van der Waals surface area (Å²) in [7, 11) is -4.25. The highest BCUT2D eigenvalue weighted by atomic mass is 35.5. The number of carbonyl (C=O) groups excluding carboxylic acids is 2. The van der Waals surface area contributed by atoms with Crippen molar-refractivity contribution in [2.45, 2.75) is 50.6 Å². The molecule has 242 valence electrons. The van der Waals surface area contributed by atoms with Gasteiger partial charge in [-0.05, 0) is 66.4 Å². The minimum absolute atomic E-state index is 0.00705. The maximum atomic E-state index is 14.6. The van der Waals surface area contributed by atoms with Crippen LogP contribution in [0.2, 0.25) is 15.1 Å². The molecule has 0 heterocycles. The van der Waals surface area contributed by atoms with Crippen molar-refractivity contribution in [3.8, 4) is 0 Å². The SMILES string of the molecule is CCCCNC(=O)C(Cc1ccccc1)N(Cc1ccc(Cl)cc1Cl)C(=O)CN(c1cc(Cl)ccc1C)S(=O)(=O)c1ccccc1. The fraction of sp³-hybridized carbons (Fsp3) is 0.257. The topological polar surface area (TPSA) is 86.8 Å². The first-order valence-electron chi connectivity index (χ1n) is 14.9. The molecule has 0 fully saturated rings. The van der Waals surface area contributed by atoms with Gasteiger partial charge in [0.15, 0.2) is 0 Å². The number of unbranched alkanes of at least 4 members (excludes halogenated alkanes) is 1. The third-order valence-corrected chi connectivity index (χ3v) is 10.1. The molecule has 11 heteroatoms. The number of benzene rings is 4. The van der Waals surface area contributed by atoms with Crippen molar-refractivity contribution in [1.82, 2.24) is 10.2 Å². The van der Waals surface area contributed by atoms with E-state index in [9.17, 15) is 18.0 Å². The van der Waals surface area contributed by atoms with E-state index in [4.69, 9.17) is 34.8 Å². The van der Waals surface area contributed by atoms with Crippen LogP contribution in [0.5, 0.6) is 0 Å². The molecule has 4 rings (SSSR count). The maximum Gasteiger partial charge on any atom is 0.264 e. The largest absolute Gasteiger partial charge is 0.354 e. The molecule has 1 atom stereocenters. The van der Waals surface area contributed by atoms with Gasteiger partial charge in [-0.15, -0.1) is 0 Å². The molecule has 0 bridgehead atoms. The second-order valence-electron chi connectivity index (χ2n) is 10.9. The van der Waals surface area contributed by atoms with Crippen LogP contribution in [-0.4, -0.2) is 44.3 Å². The van der Waals surface area contributed by atoms with Gasteiger partial charge < -0.3 is 10.2 Å². The summed E-state index contributed by atoms with van der Waals surface area (Å²) < 4.78 is 29.4. The van der Waals surface area contributed by atoms with Gasteiger partial charge in [-0.25, -0.2) is 8.42 Å². The van der Waals surface area contributed by atoms with Gasteiger partial charge in [-0.3, -0.25) is 13.9 Å². The van der Waals surface area contributed by atoms with E-state index in [1.165, 1.54) is 23.1 Å². The standard InChI is InChI=1S/C35H36Cl3N3O4S/c1-3-4-19-39-35(43)33(20-26-11-7-5-8-12-26)40(23-27-16-18-28(36)21-31(27)38)34(42)24-41(32-22-29(37)17-15-25(32)2)46(44,45)30-13-9-6-10-14-30/h5-18,21-22,33H,3-4,19-20,23-24H2,1-2H3,(H,39,43). The lowest BCUT2D eigenvalue weighted by Crippen LogP contribution is -2.53. The monoisotopic (exact) mass is 699 g/mol. The highest BCUT2D eigenvalue weighted by molar-refractivity contribution is 7.92. The molecule has 0 saturated heterocycles. The van der Waals surface area contributed by atoms with Crippen molar-refractivity contribution in [2.75, 3.05) is 17.4 Å². The summed E-state index contributed by atoms with van der Waals surface area (Å²) in [6.07, 6.45) is 1.83. The summed E-state index contributed by atoms with van der Waals surface area (Å²) in [5.41, 5.74) is 2.23. The number of carbonyl (C=O) groups is 2. The average molecular weight is 701 g/mol. The number of sulfonamides is 1. The Bertz CT molecular complexity index is 1760. The van der Waals surface area contributed by atoms with Crippen LogP contribution in [0.25, 0.3) is 0 Å². The molecule has 0 spiro atoms. The molecule has 2 amide bonds. The van der Waals surface area contributed by atoms with Crippen molar-refractivity contribution in [3.63, 3.8) is 0 Å². The molecule has 4 aromatic carbocycles. The molecule has 1 unspecified atom stereocenters. The van der Waals surface area contributed by atoms with E-state index in [1.807, 2.05) is 37.3 Å². The van der Waals surface area contributed by atoms with E-state index in [0.29, 0.717) is 32.7 Å². The van der Waals surface area contributed by atoms with E-state index in [0.717, 1.165) is 22.7 Å². The van der Waals surface area contributed by atoms with Crippen molar-refractivity contribution in [1.29, 1.82) is 0 Å². The van der Waals surface area contributed by atoms with Gasteiger partial charge in [-0.1, -0.05) is 109 Å². The molecule has 0 aromatic heterocycles. The Morgan fingerprint density at radius 1 is 0.848 bits per heavy atom. The van der Waals surface area contributed by atoms with E-state index in [2.05, 4.69) is 5.32 Å². The highest BCUT2D eigenvalue weighted by Gasteiger charge is 2.35. The molecule has 0 aliphatic carbocycles. The van der Waals surface area contributed by atoms with Crippen LogP contribution in [0, 0.1) is 6.92 Å². The first-order chi connectivity index (χ1) is 22.0. The van der Waals surface area contributed by atoms with Crippen LogP contribution in [0.3, 0.4) is 0 Å². The summed E-state index contributed by atoms with van der Waals surface area (Å²) in [6, 6.07) is 26.0. The highest BCUT2D eigenvalue weighted by Crippen LogP contribution is 2.31. The zero-order chi connectivity index (χ0) is 33.3. The molecule has 7 nitrogen and oxygen atoms in total. The zero-order valence-corrected chi connectivity index (χ0v) is 28.7. The quantitative estimate of drug-likeness (QED) is 0.137. The maximum absolute atomic E-state index is 14.6. The average Bonchev–Trinajstić information content (AvgIpc) is 3.04. The normalized spacial score (nSPS) is 11.9. The minimum Gasteiger partial charge on any atom is -0.354 e. The van der Waals surface area contributed by atoms with Gasteiger partial charge >= 0.3 is 0 Å². The lowest BCUT2D eigenvalue weighted by Gasteiger charge is -2.34. The number of nitrogens with zero attached hydrogens (tertiary/aromatic N) is 2. The van der Waals surface area contributed by atoms with Crippen LogP contribution < -0.4 is 9.62 Å². The van der Waals surface area contributed by atoms with Crippen LogP contribution >= 0.6 is 34.8 Å². The number of amides is 2. The van der Waals surface area contributed by atoms with E-state index in [-0.39, 0.29) is 29.5 Å². The molecule has 0 saturated carbocycles. The Hall–Kier alpha value is -3.56. The van der Waals surface area contributed by atoms with Crippen molar-refractivity contribution in [2.24, 2.45) is 0 Å². The number of anilines is 1. The molecular weight excluding hydrogens is 665 g/mol. The van der Waals surface area contributed by atoms with Crippen molar-refractivity contribution >= 4 is 62.3 Å². The van der Waals surface area contributed by atoms with Crippen LogP contribution in [-0.2, 0) is 32.6 Å². The van der Waals surface area contributed by atoms with E-state index >= 15 is 0 Å². The number of halogens is 3. The number of rotatable bonds is 14. The van der Waals surface area contributed by atoms with E-state index in [1.54, 1.807) is 55.5 Å². The summed E-state index contributed by atoms with van der Waals surface area (Å²) in [5.74, 6) is -0.955. The van der Waals surface area contributed by atoms with E-state index < -0.39 is 28.5 Å². The van der Waals surface area contributed by atoms with Crippen LogP contribution in [0.1, 0.15) is 36.5 Å². The number of hydrogen-bond donors (Lipinski definition) is 1. The number of aryl methyl sites for hydroxylation is 1. The summed E-state index contributed by atoms with van der Waals surface area (Å²) in [4.78, 5) is 29.9. The van der Waals surface area contributed by atoms with Crippen molar-refractivity contribution in [3.05, 3.63) is 129 Å². The molecule has 4 aromatic rings. The fourth-order valence-corrected chi connectivity index (χ4v) is 7.10. The summed E-state index contributed by atoms with van der Waals surface area (Å²) in [5, 5.41) is 4.01. The third-order valence-electron chi connectivity index (χ3n) is 7.51. The second kappa shape index (κ2) is 16.3. The Balaban J connectivity index is 1.83. The lowest BCUT2D eigenvalue weighted by molar-refractivity contribution is -0.140. The Morgan fingerprint density at radius 3 is 2.13 bits per heavy atom. The molecule has 0 aliphatic rings. The lowest BCUT2D eigenvalue weighted by atomic mass is 10.0. The van der Waals surface area contributed by atoms with Crippen LogP contribution in [0.4, 0.5) is 5.69 Å². The first kappa shape index (κ1) is 35.3.